The number of carbonyl (C=O) groups is 2. The Morgan fingerprint density at radius 1 is 1.23 bits per heavy atom. The molecule has 0 fully saturated rings. The first-order chi connectivity index (χ1) is 18.9. The maximum atomic E-state index is 14.6. The number of halogens is 5. The molecule has 0 aromatic heterocycles. The molecule has 2 aromatic carbocycles. The fourth-order valence-corrected chi connectivity index (χ4v) is 4.44. The first-order valence-corrected chi connectivity index (χ1v) is 13.2. The molecule has 2 N–H and O–H groups in total. The number of alkyl halides is 3. The van der Waals surface area contributed by atoms with Crippen molar-refractivity contribution in [3.63, 3.8) is 0 Å². The number of nitrogens with one attached hydrogen (secondary N) is 2. The zero-order valence-electron chi connectivity index (χ0n) is 22.9. The molecule has 0 spiro atoms. The van der Waals surface area contributed by atoms with E-state index >= 15 is 0 Å². The van der Waals surface area contributed by atoms with Crippen molar-refractivity contribution in [3.05, 3.63) is 88.5 Å². The van der Waals surface area contributed by atoms with E-state index in [2.05, 4.69) is 17.2 Å². The summed E-state index contributed by atoms with van der Waals surface area (Å²) in [5, 5.41) is 5.09. The number of cyclic esters (lactones) is 1. The molecule has 2 aromatic rings. The maximum absolute atomic E-state index is 14.6. The number of amides is 2. The summed E-state index contributed by atoms with van der Waals surface area (Å²) < 4.78 is 59.9. The van der Waals surface area contributed by atoms with Gasteiger partial charge in [0, 0.05) is 25.2 Å². The third kappa shape index (κ3) is 8.74. The predicted octanol–water partition coefficient (Wildman–Crippen LogP) is 8.09. The van der Waals surface area contributed by atoms with E-state index in [1.54, 1.807) is 37.3 Å². The monoisotopic (exact) mass is 583 g/mol. The third-order valence-electron chi connectivity index (χ3n) is 6.12. The van der Waals surface area contributed by atoms with E-state index in [1.165, 1.54) is 30.2 Å². The van der Waals surface area contributed by atoms with Gasteiger partial charge in [-0.3, -0.25) is 10.1 Å². The van der Waals surface area contributed by atoms with E-state index in [0.29, 0.717) is 12.0 Å². The van der Waals surface area contributed by atoms with E-state index in [-0.39, 0.29) is 40.6 Å². The van der Waals surface area contributed by atoms with Crippen LogP contribution in [0.2, 0.25) is 5.02 Å². The highest BCUT2D eigenvalue weighted by Crippen LogP contribution is 2.38. The first kappa shape index (κ1) is 32.7. The Kier molecular flexibility index (Phi) is 12.0. The molecule has 6 nitrogen and oxygen atoms in total. The number of hydrogen-bond donors (Lipinski definition) is 2. The van der Waals surface area contributed by atoms with Gasteiger partial charge in [0.25, 0.3) is 5.91 Å². The topological polar surface area (TPSA) is 70.7 Å². The Morgan fingerprint density at radius 2 is 1.88 bits per heavy atom. The Bertz CT molecular complexity index is 1220. The van der Waals surface area contributed by atoms with Crippen molar-refractivity contribution >= 4 is 29.3 Å². The Balaban J connectivity index is 0.00000274. The zero-order chi connectivity index (χ0) is 30.0. The Hall–Kier alpha value is -3.53. The minimum absolute atomic E-state index is 0.0971. The lowest BCUT2D eigenvalue weighted by Gasteiger charge is -2.28. The minimum atomic E-state index is -4.43. The molecule has 2 unspecified atom stereocenters. The lowest BCUT2D eigenvalue weighted by atomic mass is 9.91. The number of nitrogens with zero attached hydrogens (tertiary/aromatic N) is 1. The molecular formula is C29H34ClF4N3O3. The second-order valence-electron chi connectivity index (χ2n) is 8.84. The van der Waals surface area contributed by atoms with Crippen molar-refractivity contribution in [3.8, 4) is 0 Å². The molecular weight excluding hydrogens is 550 g/mol. The zero-order valence-corrected chi connectivity index (χ0v) is 23.6. The van der Waals surface area contributed by atoms with Crippen molar-refractivity contribution in [2.75, 3.05) is 18.9 Å². The molecule has 1 aliphatic heterocycles. The third-order valence-corrected chi connectivity index (χ3v) is 6.42. The highest BCUT2D eigenvalue weighted by atomic mass is 35.5. The van der Waals surface area contributed by atoms with Crippen molar-refractivity contribution < 1.29 is 31.9 Å². The highest BCUT2D eigenvalue weighted by Gasteiger charge is 2.35. The van der Waals surface area contributed by atoms with Gasteiger partial charge in [0.05, 0.1) is 28.4 Å². The summed E-state index contributed by atoms with van der Waals surface area (Å²) in [6.45, 7) is 9.50. The fraction of sp³-hybridized carbons (Fsp3) is 0.379. The van der Waals surface area contributed by atoms with Gasteiger partial charge in [-0.2, -0.15) is 13.2 Å². The van der Waals surface area contributed by atoms with Crippen LogP contribution in [0.5, 0.6) is 0 Å². The minimum Gasteiger partial charge on any atom is -0.441 e. The molecule has 1 heterocycles. The van der Waals surface area contributed by atoms with Crippen LogP contribution < -0.4 is 10.6 Å². The number of allylic oxidation sites excluding steroid dienone is 2. The van der Waals surface area contributed by atoms with Crippen LogP contribution in [0.3, 0.4) is 0 Å². The lowest BCUT2D eigenvalue weighted by Crippen LogP contribution is -2.35. The SMILES string of the molecule is C=C(N/C(=C\C)C(CC(F)(F)F)c1ccccc1)C(=O)N(C)CCCC1OC(=O)Nc2ccc(Cl)c(F)c21.CC. The Morgan fingerprint density at radius 3 is 2.48 bits per heavy atom. The molecule has 2 amide bonds. The van der Waals surface area contributed by atoms with Gasteiger partial charge in [-0.1, -0.05) is 68.4 Å². The van der Waals surface area contributed by atoms with Gasteiger partial charge in [-0.25, -0.2) is 9.18 Å². The smallest absolute Gasteiger partial charge is 0.412 e. The van der Waals surface area contributed by atoms with Crippen LogP contribution in [0.4, 0.5) is 28.0 Å². The second kappa shape index (κ2) is 14.7. The number of fused-ring (bicyclic) bond motifs is 1. The summed E-state index contributed by atoms with van der Waals surface area (Å²) in [5.41, 5.74) is 0.946. The summed E-state index contributed by atoms with van der Waals surface area (Å²) in [6.07, 6.45) is -5.14. The van der Waals surface area contributed by atoms with Gasteiger partial charge in [0.1, 0.15) is 6.10 Å². The van der Waals surface area contributed by atoms with Crippen LogP contribution in [-0.2, 0) is 9.53 Å². The number of ether oxygens (including phenoxy) is 1. The molecule has 0 saturated heterocycles. The van der Waals surface area contributed by atoms with Gasteiger partial charge in [-0.15, -0.1) is 0 Å². The molecule has 1 aliphatic rings. The molecule has 0 aliphatic carbocycles. The van der Waals surface area contributed by atoms with Crippen molar-refractivity contribution in [2.45, 2.75) is 58.2 Å². The fourth-order valence-electron chi connectivity index (χ4n) is 4.28. The standard InChI is InChI=1S/C27H28ClF4N3O3.C2H6/c1-4-20(18(15-27(30,31)32)17-9-6-5-7-10-17)33-16(2)25(36)35(3)14-8-11-22-23-21(34-26(37)38-22)13-12-19(28)24(23)29;1-2/h4-7,9-10,12-13,18,22,33H,2,8,11,14-15H2,1,3H3,(H,34,37);1-2H3/b20-4-;. The van der Waals surface area contributed by atoms with Crippen molar-refractivity contribution in [1.82, 2.24) is 10.2 Å². The average molecular weight is 584 g/mol. The largest absolute Gasteiger partial charge is 0.441 e. The number of likely N-dealkylation sites (N-methyl/N-ethyl adjacent to an activating group) is 1. The average Bonchev–Trinajstić information content (AvgIpc) is 2.92. The normalized spacial score (nSPS) is 15.5. The van der Waals surface area contributed by atoms with Crippen LogP contribution in [0.15, 0.2) is 66.5 Å². The molecule has 218 valence electrons. The van der Waals surface area contributed by atoms with Crippen molar-refractivity contribution in [1.29, 1.82) is 0 Å². The van der Waals surface area contributed by atoms with Gasteiger partial charge in [0.2, 0.25) is 0 Å². The van der Waals surface area contributed by atoms with E-state index in [0.717, 1.165) is 0 Å². The summed E-state index contributed by atoms with van der Waals surface area (Å²) in [6, 6.07) is 11.0. The summed E-state index contributed by atoms with van der Waals surface area (Å²) in [4.78, 5) is 26.1. The van der Waals surface area contributed by atoms with Gasteiger partial charge in [-0.05, 0) is 37.5 Å². The van der Waals surface area contributed by atoms with E-state index in [4.69, 9.17) is 16.3 Å². The van der Waals surface area contributed by atoms with E-state index in [9.17, 15) is 27.2 Å². The number of anilines is 1. The van der Waals surface area contributed by atoms with E-state index < -0.39 is 42.4 Å². The van der Waals surface area contributed by atoms with Crippen LogP contribution >= 0.6 is 11.6 Å². The molecule has 0 radical (unpaired) electrons. The van der Waals surface area contributed by atoms with E-state index in [1.807, 2.05) is 13.8 Å². The van der Waals surface area contributed by atoms with Crippen LogP contribution in [0.1, 0.15) is 63.2 Å². The van der Waals surface area contributed by atoms with Crippen LogP contribution in [0, 0.1) is 5.82 Å². The second-order valence-corrected chi connectivity index (χ2v) is 9.25. The van der Waals surface area contributed by atoms with Gasteiger partial charge < -0.3 is 15.0 Å². The summed E-state index contributed by atoms with van der Waals surface area (Å²) >= 11 is 5.88. The van der Waals surface area contributed by atoms with Crippen molar-refractivity contribution in [2.24, 2.45) is 0 Å². The molecule has 0 saturated carbocycles. The lowest BCUT2D eigenvalue weighted by molar-refractivity contribution is -0.137. The number of carbonyl (C=O) groups excluding carboxylic acids is 2. The van der Waals surface area contributed by atoms with Gasteiger partial charge >= 0.3 is 12.3 Å². The number of rotatable bonds is 10. The van der Waals surface area contributed by atoms with Crippen LogP contribution in [-0.4, -0.2) is 36.7 Å². The summed E-state index contributed by atoms with van der Waals surface area (Å²) in [5.74, 6) is -2.27. The highest BCUT2D eigenvalue weighted by molar-refractivity contribution is 6.31. The van der Waals surface area contributed by atoms with Gasteiger partial charge in [0.15, 0.2) is 5.82 Å². The molecule has 2 atom stereocenters. The maximum Gasteiger partial charge on any atom is 0.412 e. The Labute approximate surface area is 237 Å². The molecule has 0 bridgehead atoms. The number of hydrogen-bond acceptors (Lipinski definition) is 4. The first-order valence-electron chi connectivity index (χ1n) is 12.9. The number of benzene rings is 2. The predicted molar refractivity (Wildman–Crippen MR) is 148 cm³/mol. The summed E-state index contributed by atoms with van der Waals surface area (Å²) in [7, 11) is 1.51. The molecule has 11 heteroatoms. The quantitative estimate of drug-likeness (QED) is 0.219. The molecule has 40 heavy (non-hydrogen) atoms. The molecule has 3 rings (SSSR count). The van der Waals surface area contributed by atoms with Crippen LogP contribution in [0.25, 0.3) is 0 Å².